The van der Waals surface area contributed by atoms with E-state index in [1.165, 1.54) is 0 Å². The smallest absolute Gasteiger partial charge is 0.299 e. The van der Waals surface area contributed by atoms with Crippen LogP contribution in [0, 0.1) is 11.8 Å². The molecule has 4 nitrogen and oxygen atoms in total. The molecule has 0 radical (unpaired) electrons. The summed E-state index contributed by atoms with van der Waals surface area (Å²) in [7, 11) is 0. The standard InChI is InChI=1S/C17H15NO3/c19-17(9-8-14-5-2-1-3-6-14)18-10-12-21-16(13-18)15-7-4-11-20-15/h1-7,11,16H,10,12-13H2. The van der Waals surface area contributed by atoms with Gasteiger partial charge in [0, 0.05) is 18.0 Å². The summed E-state index contributed by atoms with van der Waals surface area (Å²) in [6, 6.07) is 13.1. The topological polar surface area (TPSA) is 42.7 Å². The second-order valence-corrected chi connectivity index (χ2v) is 4.74. The van der Waals surface area contributed by atoms with Gasteiger partial charge >= 0.3 is 0 Å². The van der Waals surface area contributed by atoms with Crippen molar-refractivity contribution < 1.29 is 13.9 Å². The number of carbonyl (C=O) groups excluding carboxylic acids is 1. The lowest BCUT2D eigenvalue weighted by atomic mass is 10.2. The highest BCUT2D eigenvalue weighted by molar-refractivity contribution is 5.94. The van der Waals surface area contributed by atoms with Gasteiger partial charge in [-0.15, -0.1) is 0 Å². The van der Waals surface area contributed by atoms with Crippen molar-refractivity contribution in [2.45, 2.75) is 6.10 Å². The average Bonchev–Trinajstić information content (AvgIpc) is 3.08. The highest BCUT2D eigenvalue weighted by Gasteiger charge is 2.26. The van der Waals surface area contributed by atoms with Crippen molar-refractivity contribution in [1.82, 2.24) is 4.90 Å². The Hall–Kier alpha value is -2.51. The normalized spacial score (nSPS) is 17.9. The summed E-state index contributed by atoms with van der Waals surface area (Å²) in [5.74, 6) is 6.13. The number of amides is 1. The first kappa shape index (κ1) is 13.5. The minimum Gasteiger partial charge on any atom is -0.467 e. The molecule has 21 heavy (non-hydrogen) atoms. The van der Waals surface area contributed by atoms with Crippen LogP contribution in [0.3, 0.4) is 0 Å². The van der Waals surface area contributed by atoms with Crippen molar-refractivity contribution in [2.75, 3.05) is 19.7 Å². The van der Waals surface area contributed by atoms with E-state index >= 15 is 0 Å². The van der Waals surface area contributed by atoms with Gasteiger partial charge in [-0.1, -0.05) is 24.1 Å². The molecule has 1 aliphatic rings. The van der Waals surface area contributed by atoms with E-state index in [1.807, 2.05) is 42.5 Å². The number of hydrogen-bond acceptors (Lipinski definition) is 3. The van der Waals surface area contributed by atoms with Gasteiger partial charge in [-0.05, 0) is 24.3 Å². The molecule has 2 aromatic rings. The van der Waals surface area contributed by atoms with Crippen LogP contribution in [0.1, 0.15) is 17.4 Å². The maximum atomic E-state index is 12.2. The first-order valence-corrected chi connectivity index (χ1v) is 6.84. The lowest BCUT2D eigenvalue weighted by Crippen LogP contribution is -2.41. The first-order chi connectivity index (χ1) is 10.3. The van der Waals surface area contributed by atoms with Gasteiger partial charge in [0.15, 0.2) is 0 Å². The Bertz CT molecular complexity index is 652. The van der Waals surface area contributed by atoms with Crippen molar-refractivity contribution in [2.24, 2.45) is 0 Å². The third-order valence-electron chi connectivity index (χ3n) is 3.30. The van der Waals surface area contributed by atoms with Crippen LogP contribution in [0.15, 0.2) is 53.1 Å². The van der Waals surface area contributed by atoms with Crippen LogP contribution in [0.25, 0.3) is 0 Å². The van der Waals surface area contributed by atoms with Crippen LogP contribution in [-0.2, 0) is 9.53 Å². The number of morpholine rings is 1. The fraction of sp³-hybridized carbons (Fsp3) is 0.235. The van der Waals surface area contributed by atoms with Crippen LogP contribution in [0.2, 0.25) is 0 Å². The number of benzene rings is 1. The molecule has 1 aromatic heterocycles. The maximum absolute atomic E-state index is 12.2. The van der Waals surface area contributed by atoms with Crippen molar-refractivity contribution in [3.8, 4) is 11.8 Å². The number of carbonyl (C=O) groups is 1. The van der Waals surface area contributed by atoms with E-state index in [1.54, 1.807) is 11.2 Å². The fourth-order valence-corrected chi connectivity index (χ4v) is 2.21. The van der Waals surface area contributed by atoms with Gasteiger partial charge in [-0.3, -0.25) is 4.79 Å². The molecule has 0 bridgehead atoms. The second-order valence-electron chi connectivity index (χ2n) is 4.74. The zero-order valence-corrected chi connectivity index (χ0v) is 11.5. The molecule has 3 rings (SSSR count). The van der Waals surface area contributed by atoms with Crippen LogP contribution < -0.4 is 0 Å². The average molecular weight is 281 g/mol. The van der Waals surface area contributed by atoms with Crippen molar-refractivity contribution >= 4 is 5.91 Å². The number of hydrogen-bond donors (Lipinski definition) is 0. The highest BCUT2D eigenvalue weighted by Crippen LogP contribution is 2.22. The minimum absolute atomic E-state index is 0.182. The molecule has 2 heterocycles. The maximum Gasteiger partial charge on any atom is 0.299 e. The number of ether oxygens (including phenoxy) is 1. The quantitative estimate of drug-likeness (QED) is 0.753. The SMILES string of the molecule is O=C(C#Cc1ccccc1)N1CCOC(c2ccco2)C1. The van der Waals surface area contributed by atoms with Crippen LogP contribution >= 0.6 is 0 Å². The molecular formula is C17H15NO3. The third kappa shape index (κ3) is 3.33. The molecule has 106 valence electrons. The summed E-state index contributed by atoms with van der Waals surface area (Å²) in [5.41, 5.74) is 0.835. The van der Waals surface area contributed by atoms with E-state index in [0.29, 0.717) is 19.7 Å². The second kappa shape index (κ2) is 6.29. The Labute approximate surface area is 123 Å². The van der Waals surface area contributed by atoms with Crippen LogP contribution in [0.5, 0.6) is 0 Å². The Kier molecular flexibility index (Phi) is 4.04. The van der Waals surface area contributed by atoms with Crippen molar-refractivity contribution in [3.63, 3.8) is 0 Å². The first-order valence-electron chi connectivity index (χ1n) is 6.84. The monoisotopic (exact) mass is 281 g/mol. The Morgan fingerprint density at radius 3 is 2.81 bits per heavy atom. The van der Waals surface area contributed by atoms with E-state index in [9.17, 15) is 4.79 Å². The minimum atomic E-state index is -0.212. The van der Waals surface area contributed by atoms with E-state index in [-0.39, 0.29) is 12.0 Å². The van der Waals surface area contributed by atoms with Crippen LogP contribution in [-0.4, -0.2) is 30.5 Å². The van der Waals surface area contributed by atoms with Gasteiger partial charge in [0.1, 0.15) is 11.9 Å². The highest BCUT2D eigenvalue weighted by atomic mass is 16.5. The molecule has 1 atom stereocenters. The lowest BCUT2D eigenvalue weighted by molar-refractivity contribution is -0.133. The molecule has 1 unspecified atom stereocenters. The Morgan fingerprint density at radius 1 is 1.19 bits per heavy atom. The number of nitrogens with zero attached hydrogens (tertiary/aromatic N) is 1. The molecular weight excluding hydrogens is 266 g/mol. The molecule has 1 aromatic carbocycles. The summed E-state index contributed by atoms with van der Waals surface area (Å²) in [5, 5.41) is 0. The van der Waals surface area contributed by atoms with Gasteiger partial charge in [-0.2, -0.15) is 0 Å². The van der Waals surface area contributed by atoms with Gasteiger partial charge in [0.05, 0.1) is 19.4 Å². The number of furan rings is 1. The summed E-state index contributed by atoms with van der Waals surface area (Å²) in [6.45, 7) is 1.51. The Balaban J connectivity index is 1.66. The zero-order valence-electron chi connectivity index (χ0n) is 11.5. The molecule has 1 amide bonds. The van der Waals surface area contributed by atoms with E-state index in [4.69, 9.17) is 9.15 Å². The molecule has 1 saturated heterocycles. The molecule has 0 spiro atoms. The van der Waals surface area contributed by atoms with Crippen molar-refractivity contribution in [3.05, 3.63) is 60.1 Å². The van der Waals surface area contributed by atoms with Gasteiger partial charge < -0.3 is 14.1 Å². The number of rotatable bonds is 1. The predicted octanol–water partition coefficient (Wildman–Crippen LogP) is 2.23. The molecule has 0 aliphatic carbocycles. The summed E-state index contributed by atoms with van der Waals surface area (Å²) >= 11 is 0. The van der Waals surface area contributed by atoms with Gasteiger partial charge in [-0.25, -0.2) is 0 Å². The molecule has 0 saturated carbocycles. The molecule has 0 N–H and O–H groups in total. The van der Waals surface area contributed by atoms with E-state index in [2.05, 4.69) is 11.8 Å². The van der Waals surface area contributed by atoms with Crippen LogP contribution in [0.4, 0.5) is 0 Å². The fourth-order valence-electron chi connectivity index (χ4n) is 2.21. The third-order valence-corrected chi connectivity index (χ3v) is 3.30. The van der Waals surface area contributed by atoms with Gasteiger partial charge in [0.2, 0.25) is 0 Å². The molecule has 1 aliphatic heterocycles. The van der Waals surface area contributed by atoms with Crippen molar-refractivity contribution in [1.29, 1.82) is 0 Å². The summed E-state index contributed by atoms with van der Waals surface area (Å²) in [4.78, 5) is 13.9. The summed E-state index contributed by atoms with van der Waals surface area (Å²) in [6.07, 6.45) is 1.39. The van der Waals surface area contributed by atoms with E-state index in [0.717, 1.165) is 11.3 Å². The van der Waals surface area contributed by atoms with Gasteiger partial charge in [0.25, 0.3) is 5.91 Å². The largest absolute Gasteiger partial charge is 0.467 e. The molecule has 4 heteroatoms. The predicted molar refractivity (Wildman–Crippen MR) is 77.3 cm³/mol. The molecule has 1 fully saturated rings. The lowest BCUT2D eigenvalue weighted by Gasteiger charge is -2.30. The zero-order chi connectivity index (χ0) is 14.5. The van der Waals surface area contributed by atoms with E-state index < -0.39 is 0 Å². The summed E-state index contributed by atoms with van der Waals surface area (Å²) < 4.78 is 11.0. The Morgan fingerprint density at radius 2 is 2.05 bits per heavy atom.